The van der Waals surface area contributed by atoms with Gasteiger partial charge in [-0.15, -0.1) is 0 Å². The lowest BCUT2D eigenvalue weighted by Gasteiger charge is -2.13. The summed E-state index contributed by atoms with van der Waals surface area (Å²) in [4.78, 5) is 11.4. The number of carbonyl (C=O) groups is 1. The first-order chi connectivity index (χ1) is 8.17. The average Bonchev–Trinajstić information content (AvgIpc) is 2.37. The Labute approximate surface area is 110 Å². The first-order valence-electron chi connectivity index (χ1n) is 5.34. The Morgan fingerprint density at radius 2 is 2.18 bits per heavy atom. The van der Waals surface area contributed by atoms with Gasteiger partial charge in [0.15, 0.2) is 0 Å². The summed E-state index contributed by atoms with van der Waals surface area (Å²) in [7, 11) is 1.36. The smallest absolute Gasteiger partial charge is 0.310 e. The Morgan fingerprint density at radius 3 is 2.65 bits per heavy atom. The van der Waals surface area contributed by atoms with E-state index < -0.39 is 0 Å². The highest BCUT2D eigenvalue weighted by molar-refractivity contribution is 9.08. The molecule has 0 saturated heterocycles. The number of ether oxygens (including phenoxy) is 1. The fourth-order valence-electron chi connectivity index (χ4n) is 1.83. The SMILES string of the molecule is CCc1c(CBr)ccc(C#N)c1CC(=O)OC. The first-order valence-corrected chi connectivity index (χ1v) is 6.46. The zero-order valence-electron chi connectivity index (χ0n) is 9.92. The molecule has 0 bridgehead atoms. The molecule has 0 aliphatic carbocycles. The Kier molecular flexibility index (Phi) is 5.17. The molecule has 17 heavy (non-hydrogen) atoms. The maximum Gasteiger partial charge on any atom is 0.310 e. The molecule has 1 aromatic rings. The minimum Gasteiger partial charge on any atom is -0.469 e. The van der Waals surface area contributed by atoms with Crippen LogP contribution in [-0.2, 0) is 27.7 Å². The quantitative estimate of drug-likeness (QED) is 0.634. The fraction of sp³-hybridized carbons (Fsp3) is 0.385. The fourth-order valence-corrected chi connectivity index (χ4v) is 2.36. The molecule has 0 heterocycles. The summed E-state index contributed by atoms with van der Waals surface area (Å²) < 4.78 is 4.67. The maximum atomic E-state index is 11.4. The van der Waals surface area contributed by atoms with E-state index in [1.807, 2.05) is 13.0 Å². The van der Waals surface area contributed by atoms with Crippen molar-refractivity contribution in [1.29, 1.82) is 5.26 Å². The molecule has 0 aromatic heterocycles. The van der Waals surface area contributed by atoms with E-state index in [2.05, 4.69) is 26.7 Å². The molecule has 1 aromatic carbocycles. The van der Waals surface area contributed by atoms with Crippen molar-refractivity contribution < 1.29 is 9.53 Å². The van der Waals surface area contributed by atoms with Crippen molar-refractivity contribution in [1.82, 2.24) is 0 Å². The second-order valence-corrected chi connectivity index (χ2v) is 4.14. The van der Waals surface area contributed by atoms with E-state index in [9.17, 15) is 4.79 Å². The number of methoxy groups -OCH3 is 1. The van der Waals surface area contributed by atoms with Crippen LogP contribution in [0.2, 0.25) is 0 Å². The van der Waals surface area contributed by atoms with Crippen molar-refractivity contribution in [3.8, 4) is 6.07 Å². The van der Waals surface area contributed by atoms with Gasteiger partial charge < -0.3 is 4.74 Å². The summed E-state index contributed by atoms with van der Waals surface area (Å²) in [5.41, 5.74) is 3.52. The minimum absolute atomic E-state index is 0.156. The molecule has 0 unspecified atom stereocenters. The lowest BCUT2D eigenvalue weighted by atomic mass is 9.93. The number of nitrogens with zero attached hydrogens (tertiary/aromatic N) is 1. The zero-order valence-corrected chi connectivity index (χ0v) is 11.5. The van der Waals surface area contributed by atoms with Crippen LogP contribution in [0.15, 0.2) is 12.1 Å². The van der Waals surface area contributed by atoms with E-state index >= 15 is 0 Å². The van der Waals surface area contributed by atoms with Gasteiger partial charge in [-0.25, -0.2) is 0 Å². The molecule has 3 nitrogen and oxygen atoms in total. The highest BCUT2D eigenvalue weighted by Crippen LogP contribution is 2.22. The number of carbonyl (C=O) groups excluding carboxylic acids is 1. The Morgan fingerprint density at radius 1 is 1.47 bits per heavy atom. The third kappa shape index (κ3) is 3.07. The topological polar surface area (TPSA) is 50.1 Å². The van der Waals surface area contributed by atoms with Crippen molar-refractivity contribution in [3.63, 3.8) is 0 Å². The third-order valence-corrected chi connectivity index (χ3v) is 3.30. The molecule has 0 atom stereocenters. The van der Waals surface area contributed by atoms with Gasteiger partial charge >= 0.3 is 5.97 Å². The van der Waals surface area contributed by atoms with Crippen LogP contribution >= 0.6 is 15.9 Å². The first kappa shape index (κ1) is 13.7. The van der Waals surface area contributed by atoms with Crippen LogP contribution < -0.4 is 0 Å². The Bertz CT molecular complexity index is 463. The van der Waals surface area contributed by atoms with E-state index in [0.29, 0.717) is 5.56 Å². The number of esters is 1. The Balaban J connectivity index is 3.31. The molecule has 90 valence electrons. The van der Waals surface area contributed by atoms with Gasteiger partial charge in [0.25, 0.3) is 0 Å². The highest BCUT2D eigenvalue weighted by Gasteiger charge is 2.15. The van der Waals surface area contributed by atoms with Gasteiger partial charge in [0.1, 0.15) is 0 Å². The van der Waals surface area contributed by atoms with Crippen molar-refractivity contribution >= 4 is 21.9 Å². The van der Waals surface area contributed by atoms with Crippen molar-refractivity contribution in [2.24, 2.45) is 0 Å². The van der Waals surface area contributed by atoms with E-state index in [0.717, 1.165) is 28.4 Å². The van der Waals surface area contributed by atoms with E-state index in [1.165, 1.54) is 7.11 Å². The molecular formula is C13H14BrNO2. The molecule has 4 heteroatoms. The second-order valence-electron chi connectivity index (χ2n) is 3.58. The lowest BCUT2D eigenvalue weighted by molar-refractivity contribution is -0.139. The number of hydrogen-bond donors (Lipinski definition) is 0. The molecule has 0 fully saturated rings. The van der Waals surface area contributed by atoms with Gasteiger partial charge in [0, 0.05) is 5.33 Å². The van der Waals surface area contributed by atoms with Gasteiger partial charge in [0.05, 0.1) is 25.2 Å². The average molecular weight is 296 g/mol. The number of rotatable bonds is 4. The number of halogens is 1. The molecule has 0 aliphatic rings. The molecule has 0 radical (unpaired) electrons. The number of hydrogen-bond acceptors (Lipinski definition) is 3. The predicted molar refractivity (Wildman–Crippen MR) is 68.9 cm³/mol. The van der Waals surface area contributed by atoms with Crippen LogP contribution in [0.4, 0.5) is 0 Å². The van der Waals surface area contributed by atoms with Crippen LogP contribution in [0.3, 0.4) is 0 Å². The summed E-state index contributed by atoms with van der Waals surface area (Å²) >= 11 is 3.41. The van der Waals surface area contributed by atoms with Gasteiger partial charge in [-0.3, -0.25) is 4.79 Å². The van der Waals surface area contributed by atoms with Crippen molar-refractivity contribution in [2.75, 3.05) is 7.11 Å². The van der Waals surface area contributed by atoms with E-state index in [4.69, 9.17) is 5.26 Å². The third-order valence-electron chi connectivity index (χ3n) is 2.69. The molecule has 0 amide bonds. The van der Waals surface area contributed by atoms with Crippen molar-refractivity contribution in [2.45, 2.75) is 25.1 Å². The monoisotopic (exact) mass is 295 g/mol. The van der Waals surface area contributed by atoms with Crippen LogP contribution in [0.5, 0.6) is 0 Å². The van der Waals surface area contributed by atoms with Crippen LogP contribution in [-0.4, -0.2) is 13.1 Å². The molecule has 0 saturated carbocycles. The number of benzene rings is 1. The number of alkyl halides is 1. The summed E-state index contributed by atoms with van der Waals surface area (Å²) in [5.74, 6) is -0.317. The standard InChI is InChI=1S/C13H14BrNO2/c1-3-11-9(7-14)4-5-10(8-15)12(11)6-13(16)17-2/h4-5H,3,6-7H2,1-2H3. The molecular weight excluding hydrogens is 282 g/mol. The van der Waals surface area contributed by atoms with Crippen LogP contribution in [0.1, 0.15) is 29.2 Å². The maximum absolute atomic E-state index is 11.4. The normalized spacial score (nSPS) is 9.76. The van der Waals surface area contributed by atoms with Crippen LogP contribution in [0, 0.1) is 11.3 Å². The summed E-state index contributed by atoms with van der Waals surface area (Å²) in [5, 5.41) is 9.79. The van der Waals surface area contributed by atoms with Gasteiger partial charge in [0.2, 0.25) is 0 Å². The van der Waals surface area contributed by atoms with E-state index in [-0.39, 0.29) is 12.4 Å². The van der Waals surface area contributed by atoms with Gasteiger partial charge in [-0.2, -0.15) is 5.26 Å². The minimum atomic E-state index is -0.317. The summed E-state index contributed by atoms with van der Waals surface area (Å²) in [6.45, 7) is 2.02. The lowest BCUT2D eigenvalue weighted by Crippen LogP contribution is -2.10. The molecule has 0 aliphatic heterocycles. The molecule has 0 spiro atoms. The highest BCUT2D eigenvalue weighted by atomic mass is 79.9. The molecule has 0 N–H and O–H groups in total. The van der Waals surface area contributed by atoms with Crippen LogP contribution in [0.25, 0.3) is 0 Å². The van der Waals surface area contributed by atoms with Gasteiger partial charge in [-0.05, 0) is 29.2 Å². The largest absolute Gasteiger partial charge is 0.469 e. The zero-order chi connectivity index (χ0) is 12.8. The second kappa shape index (κ2) is 6.41. The summed E-state index contributed by atoms with van der Waals surface area (Å²) in [6, 6.07) is 5.81. The Hall–Kier alpha value is -1.34. The molecule has 1 rings (SSSR count). The van der Waals surface area contributed by atoms with Crippen molar-refractivity contribution in [3.05, 3.63) is 34.4 Å². The predicted octanol–water partition coefficient (Wildman–Crippen LogP) is 2.73. The van der Waals surface area contributed by atoms with E-state index in [1.54, 1.807) is 6.07 Å². The summed E-state index contributed by atoms with van der Waals surface area (Å²) in [6.07, 6.45) is 0.951. The van der Waals surface area contributed by atoms with Gasteiger partial charge in [-0.1, -0.05) is 28.9 Å². The number of nitriles is 1.